The van der Waals surface area contributed by atoms with Crippen LogP contribution >= 0.6 is 34.3 Å². The lowest BCUT2D eigenvalue weighted by atomic mass is 10.1. The van der Waals surface area contributed by atoms with Gasteiger partial charge in [-0.25, -0.2) is 4.98 Å². The van der Waals surface area contributed by atoms with Gasteiger partial charge < -0.3 is 16.4 Å². The van der Waals surface area contributed by atoms with Gasteiger partial charge in [-0.3, -0.25) is 4.79 Å². The molecule has 3 aromatic rings. The average Bonchev–Trinajstić information content (AvgIpc) is 3.31. The number of halogens is 1. The third-order valence-electron chi connectivity index (χ3n) is 4.13. The number of benzene rings is 1. The van der Waals surface area contributed by atoms with Gasteiger partial charge in [0, 0.05) is 29.3 Å². The maximum Gasteiger partial charge on any atom is 0.228 e. The molecular weight excluding hydrogens is 388 g/mol. The Bertz CT molecular complexity index is 952. The van der Waals surface area contributed by atoms with Crippen LogP contribution in [0.5, 0.6) is 0 Å². The first-order valence-electron chi connectivity index (χ1n) is 8.19. The Labute approximate surface area is 164 Å². The van der Waals surface area contributed by atoms with E-state index in [0.29, 0.717) is 13.0 Å². The van der Waals surface area contributed by atoms with Crippen molar-refractivity contribution in [1.29, 1.82) is 0 Å². The molecule has 4 N–H and O–H groups in total. The van der Waals surface area contributed by atoms with Gasteiger partial charge >= 0.3 is 0 Å². The van der Waals surface area contributed by atoms with Crippen molar-refractivity contribution >= 4 is 51.0 Å². The van der Waals surface area contributed by atoms with Gasteiger partial charge in [-0.05, 0) is 41.8 Å². The van der Waals surface area contributed by atoms with Gasteiger partial charge in [0.15, 0.2) is 5.13 Å². The number of anilines is 2. The van der Waals surface area contributed by atoms with Crippen LogP contribution in [-0.2, 0) is 17.6 Å². The Morgan fingerprint density at radius 2 is 2.19 bits per heavy atom. The molecule has 0 saturated heterocycles. The second-order valence-electron chi connectivity index (χ2n) is 6.18. The van der Waals surface area contributed by atoms with Crippen molar-refractivity contribution in [3.8, 4) is 10.4 Å². The molecule has 8 heteroatoms. The number of hydrogen-bond acceptors (Lipinski definition) is 6. The summed E-state index contributed by atoms with van der Waals surface area (Å²) in [5, 5.41) is 7.00. The molecule has 1 atom stereocenters. The normalized spacial score (nSPS) is 14.2. The van der Waals surface area contributed by atoms with E-state index in [1.54, 1.807) is 22.7 Å². The summed E-state index contributed by atoms with van der Waals surface area (Å²) in [5.74, 6) is 0.0461. The first-order chi connectivity index (χ1) is 12.6. The monoisotopic (exact) mass is 404 g/mol. The van der Waals surface area contributed by atoms with E-state index in [2.05, 4.69) is 21.7 Å². The number of thiophene rings is 1. The number of rotatable bonds is 6. The molecule has 2 aromatic heterocycles. The Hall–Kier alpha value is -1.93. The summed E-state index contributed by atoms with van der Waals surface area (Å²) >= 11 is 9.10. The predicted molar refractivity (Wildman–Crippen MR) is 109 cm³/mol. The van der Waals surface area contributed by atoms with E-state index in [1.807, 2.05) is 30.5 Å². The van der Waals surface area contributed by atoms with Crippen LogP contribution in [0.4, 0.5) is 10.8 Å². The fraction of sp³-hybridized carbons (Fsp3) is 0.222. The van der Waals surface area contributed by atoms with Crippen molar-refractivity contribution < 1.29 is 4.79 Å². The number of carbonyl (C=O) groups excluding carboxylic acids is 1. The van der Waals surface area contributed by atoms with Gasteiger partial charge in [0.05, 0.1) is 15.6 Å². The molecular formula is C18H17ClN4OS2. The number of thiazole rings is 1. The molecule has 0 saturated carbocycles. The van der Waals surface area contributed by atoms with Gasteiger partial charge in [0.25, 0.3) is 0 Å². The van der Waals surface area contributed by atoms with Crippen LogP contribution in [0.2, 0.25) is 4.34 Å². The van der Waals surface area contributed by atoms with E-state index < -0.39 is 0 Å². The fourth-order valence-corrected chi connectivity index (χ4v) is 4.88. The Morgan fingerprint density at radius 3 is 3.00 bits per heavy atom. The third-order valence-corrected chi connectivity index (χ3v) is 6.39. The summed E-state index contributed by atoms with van der Waals surface area (Å²) in [5.41, 5.74) is 9.21. The summed E-state index contributed by atoms with van der Waals surface area (Å²) in [6.07, 6.45) is 3.08. The molecule has 5 nitrogen and oxygen atoms in total. The molecule has 0 aliphatic carbocycles. The molecule has 0 radical (unpaired) electrons. The molecule has 26 heavy (non-hydrogen) atoms. The van der Waals surface area contributed by atoms with E-state index in [0.717, 1.165) is 37.6 Å². The van der Waals surface area contributed by atoms with Crippen molar-refractivity contribution in [3.05, 3.63) is 51.3 Å². The highest BCUT2D eigenvalue weighted by atomic mass is 35.5. The van der Waals surface area contributed by atoms with Crippen LogP contribution in [0, 0.1) is 0 Å². The first-order valence-corrected chi connectivity index (χ1v) is 10.2. The van der Waals surface area contributed by atoms with Crippen molar-refractivity contribution in [2.75, 3.05) is 17.2 Å². The van der Waals surface area contributed by atoms with Crippen LogP contribution in [0.25, 0.3) is 10.4 Å². The summed E-state index contributed by atoms with van der Waals surface area (Å²) in [7, 11) is 0. The minimum absolute atomic E-state index is 0.00542. The number of carbonyl (C=O) groups is 1. The quantitative estimate of drug-likeness (QED) is 0.580. The zero-order valence-electron chi connectivity index (χ0n) is 13.8. The molecule has 0 spiro atoms. The summed E-state index contributed by atoms with van der Waals surface area (Å²) in [4.78, 5) is 18.2. The lowest BCUT2D eigenvalue weighted by Crippen LogP contribution is -2.30. The van der Waals surface area contributed by atoms with E-state index in [-0.39, 0.29) is 11.9 Å². The van der Waals surface area contributed by atoms with Crippen LogP contribution in [0.15, 0.2) is 36.5 Å². The number of amides is 1. The minimum Gasteiger partial charge on any atom is -0.360 e. The van der Waals surface area contributed by atoms with Gasteiger partial charge in [0.2, 0.25) is 5.91 Å². The Kier molecular flexibility index (Phi) is 4.95. The van der Waals surface area contributed by atoms with Crippen LogP contribution in [0.3, 0.4) is 0 Å². The molecule has 134 valence electrons. The zero-order chi connectivity index (χ0) is 18.1. The van der Waals surface area contributed by atoms with Gasteiger partial charge in [0.1, 0.15) is 0 Å². The largest absolute Gasteiger partial charge is 0.360 e. The lowest BCUT2D eigenvalue weighted by molar-refractivity contribution is -0.115. The summed E-state index contributed by atoms with van der Waals surface area (Å²) < 4.78 is 0.788. The van der Waals surface area contributed by atoms with Crippen LogP contribution < -0.4 is 16.4 Å². The first kappa shape index (κ1) is 17.5. The number of nitrogens with zero attached hydrogens (tertiary/aromatic N) is 1. The van der Waals surface area contributed by atoms with E-state index >= 15 is 0 Å². The summed E-state index contributed by atoms with van der Waals surface area (Å²) in [6.45, 7) is 0.644. The van der Waals surface area contributed by atoms with Gasteiger partial charge in [-0.1, -0.05) is 29.0 Å². The van der Waals surface area contributed by atoms with Crippen LogP contribution in [-0.4, -0.2) is 23.5 Å². The molecule has 4 rings (SSSR count). The highest BCUT2D eigenvalue weighted by Crippen LogP contribution is 2.33. The second kappa shape index (κ2) is 7.36. The third kappa shape index (κ3) is 3.91. The molecule has 1 aromatic carbocycles. The van der Waals surface area contributed by atoms with Crippen molar-refractivity contribution in [2.45, 2.75) is 18.9 Å². The molecule has 1 aliphatic heterocycles. The number of nitrogens with two attached hydrogens (primary N) is 1. The van der Waals surface area contributed by atoms with Gasteiger partial charge in [-0.15, -0.1) is 11.3 Å². The maximum absolute atomic E-state index is 11.5. The molecule has 1 aliphatic rings. The number of nitrogens with one attached hydrogen (secondary N) is 2. The highest BCUT2D eigenvalue weighted by molar-refractivity contribution is 7.18. The van der Waals surface area contributed by atoms with Crippen LogP contribution in [0.1, 0.15) is 10.4 Å². The average molecular weight is 405 g/mol. The Morgan fingerprint density at radius 1 is 1.31 bits per heavy atom. The molecule has 0 unspecified atom stereocenters. The summed E-state index contributed by atoms with van der Waals surface area (Å²) in [6, 6.07) is 9.92. The highest BCUT2D eigenvalue weighted by Gasteiger charge is 2.18. The van der Waals surface area contributed by atoms with Crippen molar-refractivity contribution in [3.63, 3.8) is 0 Å². The number of fused-ring (bicyclic) bond motifs is 1. The lowest BCUT2D eigenvalue weighted by Gasteiger charge is -2.10. The van der Waals surface area contributed by atoms with Gasteiger partial charge in [-0.2, -0.15) is 0 Å². The zero-order valence-corrected chi connectivity index (χ0v) is 16.2. The molecule has 3 heterocycles. The second-order valence-corrected chi connectivity index (χ2v) is 9.01. The minimum atomic E-state index is -0.00542. The van der Waals surface area contributed by atoms with E-state index in [1.165, 1.54) is 4.88 Å². The fourth-order valence-electron chi connectivity index (χ4n) is 2.88. The standard InChI is InChI=1S/C18H17ClN4OS2/c19-16-4-2-13(25-16)7-12(20)8-21-18-22-9-15(26-18)10-1-3-14-11(5-10)6-17(24)23-14/h1-5,9,12H,6-8,20H2,(H,21,22)(H,23,24)/t12-/m0/s1. The van der Waals surface area contributed by atoms with Crippen molar-refractivity contribution in [1.82, 2.24) is 4.98 Å². The molecule has 0 fully saturated rings. The molecule has 0 bridgehead atoms. The molecule has 1 amide bonds. The van der Waals surface area contributed by atoms with Crippen molar-refractivity contribution in [2.24, 2.45) is 5.73 Å². The smallest absolute Gasteiger partial charge is 0.228 e. The van der Waals surface area contributed by atoms with E-state index in [9.17, 15) is 4.79 Å². The maximum atomic E-state index is 11.5. The Balaban J connectivity index is 1.37. The number of hydrogen-bond donors (Lipinski definition) is 3. The topological polar surface area (TPSA) is 80.0 Å². The SMILES string of the molecule is N[C@H](CNc1ncc(-c2ccc3c(c2)CC(=O)N3)s1)Cc1ccc(Cl)s1. The predicted octanol–water partition coefficient (Wildman–Crippen LogP) is 4.00. The van der Waals surface area contributed by atoms with E-state index in [4.69, 9.17) is 17.3 Å². The number of aromatic nitrogens is 1.